The van der Waals surface area contributed by atoms with E-state index in [2.05, 4.69) is 15.5 Å². The van der Waals surface area contributed by atoms with Crippen LogP contribution in [0.25, 0.3) is 5.82 Å². The number of anilines is 1. The van der Waals surface area contributed by atoms with Crippen molar-refractivity contribution >= 4 is 34.8 Å². The van der Waals surface area contributed by atoms with E-state index in [1.807, 2.05) is 19.9 Å². The molecule has 3 rings (SSSR count). The van der Waals surface area contributed by atoms with Crippen LogP contribution in [0.2, 0.25) is 10.0 Å². The van der Waals surface area contributed by atoms with Crippen molar-refractivity contribution in [3.05, 3.63) is 68.2 Å². The van der Waals surface area contributed by atoms with Gasteiger partial charge < -0.3 is 5.32 Å². The zero-order valence-corrected chi connectivity index (χ0v) is 16.4. The van der Waals surface area contributed by atoms with Crippen molar-refractivity contribution in [2.24, 2.45) is 0 Å². The summed E-state index contributed by atoms with van der Waals surface area (Å²) in [7, 11) is 0. The molecule has 0 saturated heterocycles. The number of hydrogen-bond donors (Lipinski definition) is 1. The fourth-order valence-corrected chi connectivity index (χ4v) is 3.18. The van der Waals surface area contributed by atoms with Crippen LogP contribution in [-0.2, 0) is 4.79 Å². The minimum atomic E-state index is -0.854. The van der Waals surface area contributed by atoms with Gasteiger partial charge in [-0.05, 0) is 51.1 Å². The highest BCUT2D eigenvalue weighted by atomic mass is 35.5. The molecule has 2 heterocycles. The van der Waals surface area contributed by atoms with Crippen molar-refractivity contribution in [3.8, 4) is 5.82 Å². The highest BCUT2D eigenvalue weighted by Gasteiger charge is 2.19. The molecule has 1 N–H and O–H groups in total. The zero-order valence-electron chi connectivity index (χ0n) is 14.9. The molecule has 0 aliphatic heterocycles. The first kappa shape index (κ1) is 19.1. The second-order valence-electron chi connectivity index (χ2n) is 6.14. The second kappa shape index (κ2) is 7.54. The normalized spacial score (nSPS) is 12.0. The maximum Gasteiger partial charge on any atom is 0.267 e. The summed E-state index contributed by atoms with van der Waals surface area (Å²) in [6.45, 7) is 5.34. The van der Waals surface area contributed by atoms with E-state index >= 15 is 0 Å². The minimum absolute atomic E-state index is 0.396. The predicted octanol–water partition coefficient (Wildman–Crippen LogP) is 3.55. The Balaban J connectivity index is 1.90. The van der Waals surface area contributed by atoms with Crippen LogP contribution in [0.15, 0.2) is 41.2 Å². The number of halogens is 2. The molecule has 0 aliphatic carbocycles. The Bertz CT molecular complexity index is 1050. The van der Waals surface area contributed by atoms with Gasteiger partial charge >= 0.3 is 0 Å². The van der Waals surface area contributed by atoms with E-state index in [4.69, 9.17) is 23.2 Å². The second-order valence-corrected chi connectivity index (χ2v) is 7.01. The third-order valence-electron chi connectivity index (χ3n) is 3.91. The lowest BCUT2D eigenvalue weighted by molar-refractivity contribution is -0.119. The molecule has 0 bridgehead atoms. The Morgan fingerprint density at radius 1 is 1.07 bits per heavy atom. The van der Waals surface area contributed by atoms with E-state index in [1.54, 1.807) is 35.9 Å². The number of nitrogens with zero attached hydrogens (tertiary/aromatic N) is 4. The summed E-state index contributed by atoms with van der Waals surface area (Å²) in [5.41, 5.74) is 1.74. The average molecular weight is 406 g/mol. The summed E-state index contributed by atoms with van der Waals surface area (Å²) in [4.78, 5) is 24.8. The van der Waals surface area contributed by atoms with Gasteiger partial charge in [-0.25, -0.2) is 9.36 Å². The van der Waals surface area contributed by atoms with E-state index < -0.39 is 17.5 Å². The lowest BCUT2D eigenvalue weighted by Gasteiger charge is -2.15. The summed E-state index contributed by atoms with van der Waals surface area (Å²) in [6.07, 6.45) is 0. The van der Waals surface area contributed by atoms with Crippen LogP contribution in [0, 0.1) is 13.8 Å². The monoisotopic (exact) mass is 405 g/mol. The standard InChI is InChI=1S/C18H17Cl2N5O2/c1-10-6-11(2)24(22-10)16-4-5-17(26)25(23-16)12(3)18(27)21-15-8-13(19)7-14(20)9-15/h4-9,12H,1-3H3,(H,21,27). The Morgan fingerprint density at radius 2 is 1.74 bits per heavy atom. The van der Waals surface area contributed by atoms with Gasteiger partial charge in [0.15, 0.2) is 5.82 Å². The van der Waals surface area contributed by atoms with Crippen LogP contribution in [-0.4, -0.2) is 25.5 Å². The number of hydrogen-bond acceptors (Lipinski definition) is 4. The number of aromatic nitrogens is 4. The lowest BCUT2D eigenvalue weighted by Crippen LogP contribution is -2.33. The van der Waals surface area contributed by atoms with Gasteiger partial charge in [0.1, 0.15) is 6.04 Å². The highest BCUT2D eigenvalue weighted by molar-refractivity contribution is 6.35. The Kier molecular flexibility index (Phi) is 5.34. The topological polar surface area (TPSA) is 81.8 Å². The molecule has 2 aromatic heterocycles. The van der Waals surface area contributed by atoms with E-state index in [0.29, 0.717) is 21.6 Å². The molecule has 3 aromatic rings. The minimum Gasteiger partial charge on any atom is -0.324 e. The Hall–Kier alpha value is -2.64. The Labute approximate surface area is 165 Å². The van der Waals surface area contributed by atoms with Crippen LogP contribution in [0.4, 0.5) is 5.69 Å². The molecule has 7 nitrogen and oxygen atoms in total. The molecule has 0 aliphatic rings. The van der Waals surface area contributed by atoms with Crippen molar-refractivity contribution < 1.29 is 4.79 Å². The molecule has 1 aromatic carbocycles. The number of aryl methyl sites for hydroxylation is 2. The van der Waals surface area contributed by atoms with Crippen molar-refractivity contribution in [2.45, 2.75) is 26.8 Å². The molecule has 0 spiro atoms. The largest absolute Gasteiger partial charge is 0.324 e. The number of carbonyl (C=O) groups excluding carboxylic acids is 1. The fraction of sp³-hybridized carbons (Fsp3) is 0.222. The predicted molar refractivity (Wildman–Crippen MR) is 105 cm³/mol. The number of carbonyl (C=O) groups is 1. The van der Waals surface area contributed by atoms with Crippen LogP contribution in [0.1, 0.15) is 24.4 Å². The lowest BCUT2D eigenvalue weighted by atomic mass is 10.2. The molecule has 140 valence electrons. The molecule has 27 heavy (non-hydrogen) atoms. The van der Waals surface area contributed by atoms with Crippen LogP contribution >= 0.6 is 23.2 Å². The average Bonchev–Trinajstić information content (AvgIpc) is 2.92. The molecule has 0 fully saturated rings. The summed E-state index contributed by atoms with van der Waals surface area (Å²) >= 11 is 11.9. The number of nitrogens with one attached hydrogen (secondary N) is 1. The molecule has 0 saturated carbocycles. The van der Waals surface area contributed by atoms with Crippen molar-refractivity contribution in [1.29, 1.82) is 0 Å². The molecule has 1 amide bonds. The smallest absolute Gasteiger partial charge is 0.267 e. The van der Waals surface area contributed by atoms with Gasteiger partial charge in [-0.3, -0.25) is 9.59 Å². The van der Waals surface area contributed by atoms with Crippen molar-refractivity contribution in [3.63, 3.8) is 0 Å². The van der Waals surface area contributed by atoms with Gasteiger partial charge in [-0.1, -0.05) is 23.2 Å². The first-order valence-corrected chi connectivity index (χ1v) is 8.90. The molecule has 1 unspecified atom stereocenters. The van der Waals surface area contributed by atoms with Crippen molar-refractivity contribution in [2.75, 3.05) is 5.32 Å². The van der Waals surface area contributed by atoms with E-state index in [0.717, 1.165) is 16.1 Å². The van der Waals surface area contributed by atoms with Gasteiger partial charge in [-0.2, -0.15) is 5.10 Å². The van der Waals surface area contributed by atoms with Crippen LogP contribution < -0.4 is 10.9 Å². The SMILES string of the molecule is Cc1cc(C)n(-c2ccc(=O)n(C(C)C(=O)Nc3cc(Cl)cc(Cl)c3)n2)n1. The van der Waals surface area contributed by atoms with Crippen LogP contribution in [0.5, 0.6) is 0 Å². The summed E-state index contributed by atoms with van der Waals surface area (Å²) in [6, 6.07) is 8.68. The van der Waals surface area contributed by atoms with Crippen molar-refractivity contribution in [1.82, 2.24) is 19.6 Å². The Morgan fingerprint density at radius 3 is 2.33 bits per heavy atom. The molecule has 1 atom stereocenters. The zero-order chi connectivity index (χ0) is 19.7. The number of rotatable bonds is 4. The third kappa shape index (κ3) is 4.20. The number of amides is 1. The maximum atomic E-state index is 12.6. The highest BCUT2D eigenvalue weighted by Crippen LogP contribution is 2.23. The summed E-state index contributed by atoms with van der Waals surface area (Å²) < 4.78 is 2.74. The molecule has 9 heteroatoms. The molecular weight excluding hydrogens is 389 g/mol. The molecular formula is C18H17Cl2N5O2. The maximum absolute atomic E-state index is 12.6. The number of benzene rings is 1. The summed E-state index contributed by atoms with van der Waals surface area (Å²) in [5, 5.41) is 12.1. The van der Waals surface area contributed by atoms with E-state index in [9.17, 15) is 9.59 Å². The first-order valence-electron chi connectivity index (χ1n) is 8.15. The van der Waals surface area contributed by atoms with Gasteiger partial charge in [0.25, 0.3) is 5.56 Å². The van der Waals surface area contributed by atoms with Gasteiger partial charge in [0, 0.05) is 27.5 Å². The molecule has 0 radical (unpaired) electrons. The van der Waals surface area contributed by atoms with E-state index in [-0.39, 0.29) is 0 Å². The fourth-order valence-electron chi connectivity index (χ4n) is 2.65. The quantitative estimate of drug-likeness (QED) is 0.719. The third-order valence-corrected chi connectivity index (χ3v) is 4.35. The van der Waals surface area contributed by atoms with E-state index in [1.165, 1.54) is 6.07 Å². The van der Waals surface area contributed by atoms with Crippen LogP contribution in [0.3, 0.4) is 0 Å². The van der Waals surface area contributed by atoms with Gasteiger partial charge in [0.2, 0.25) is 5.91 Å². The van der Waals surface area contributed by atoms with Gasteiger partial charge in [0.05, 0.1) is 5.69 Å². The first-order chi connectivity index (χ1) is 12.7. The van der Waals surface area contributed by atoms with Gasteiger partial charge in [-0.15, -0.1) is 5.10 Å². The summed E-state index contributed by atoms with van der Waals surface area (Å²) in [5.74, 6) is 0.0269.